The van der Waals surface area contributed by atoms with Crippen molar-refractivity contribution >= 4 is 29.9 Å². The second kappa shape index (κ2) is 12.4. The molecule has 1 aromatic heterocycles. The normalized spacial score (nSPS) is 19.6. The number of rotatable bonds is 7. The van der Waals surface area contributed by atoms with E-state index in [0.717, 1.165) is 49.9 Å². The van der Waals surface area contributed by atoms with E-state index in [2.05, 4.69) is 46.5 Å². The van der Waals surface area contributed by atoms with Crippen molar-refractivity contribution in [2.24, 2.45) is 12.0 Å². The molecule has 1 saturated carbocycles. The molecule has 176 valence electrons. The number of hydrogen-bond acceptors (Lipinski definition) is 4. The maximum absolute atomic E-state index is 6.07. The van der Waals surface area contributed by atoms with Crippen LogP contribution >= 0.6 is 24.0 Å². The molecule has 1 atom stereocenters. The predicted octanol–water partition coefficient (Wildman–Crippen LogP) is 3.94. The van der Waals surface area contributed by atoms with Gasteiger partial charge in [0.2, 0.25) is 0 Å². The third-order valence-electron chi connectivity index (χ3n) is 5.99. The molecule has 8 heteroatoms. The molecular formula is C24H36IN5O2. The van der Waals surface area contributed by atoms with Gasteiger partial charge in [0.1, 0.15) is 11.9 Å². The van der Waals surface area contributed by atoms with E-state index < -0.39 is 0 Å². The van der Waals surface area contributed by atoms with Crippen molar-refractivity contribution in [3.8, 4) is 5.75 Å². The van der Waals surface area contributed by atoms with Crippen molar-refractivity contribution in [3.63, 3.8) is 0 Å². The maximum Gasteiger partial charge on any atom is 0.194 e. The lowest BCUT2D eigenvalue weighted by Gasteiger charge is -2.34. The number of ether oxygens (including phenoxy) is 2. The molecule has 0 spiro atoms. The average molecular weight is 553 g/mol. The molecule has 1 N–H and O–H groups in total. The minimum Gasteiger partial charge on any atom is -0.490 e. The number of aromatic nitrogens is 2. The van der Waals surface area contributed by atoms with Gasteiger partial charge >= 0.3 is 0 Å². The first-order chi connectivity index (χ1) is 15.2. The highest BCUT2D eigenvalue weighted by molar-refractivity contribution is 14.0. The lowest BCUT2D eigenvalue weighted by atomic mass is 10.1. The van der Waals surface area contributed by atoms with Crippen molar-refractivity contribution in [3.05, 3.63) is 47.8 Å². The lowest BCUT2D eigenvalue weighted by Crippen LogP contribution is -2.48. The summed E-state index contributed by atoms with van der Waals surface area (Å²) >= 11 is 0. The Morgan fingerprint density at radius 1 is 1.25 bits per heavy atom. The van der Waals surface area contributed by atoms with Crippen LogP contribution in [0.3, 0.4) is 0 Å². The van der Waals surface area contributed by atoms with Crippen molar-refractivity contribution in [2.75, 3.05) is 32.8 Å². The Morgan fingerprint density at radius 3 is 2.72 bits per heavy atom. The molecule has 32 heavy (non-hydrogen) atoms. The zero-order valence-electron chi connectivity index (χ0n) is 19.2. The van der Waals surface area contributed by atoms with E-state index in [4.69, 9.17) is 14.5 Å². The summed E-state index contributed by atoms with van der Waals surface area (Å²) in [5.74, 6) is 1.95. The summed E-state index contributed by atoms with van der Waals surface area (Å²) in [7, 11) is 1.93. The molecule has 2 aliphatic rings. The molecule has 0 bridgehead atoms. The fourth-order valence-electron chi connectivity index (χ4n) is 4.30. The fraction of sp³-hybridized carbons (Fsp3) is 0.583. The quantitative estimate of drug-likeness (QED) is 0.320. The summed E-state index contributed by atoms with van der Waals surface area (Å²) < 4.78 is 13.9. The number of benzene rings is 1. The van der Waals surface area contributed by atoms with Gasteiger partial charge in [0.15, 0.2) is 5.96 Å². The Bertz CT molecular complexity index is 848. The molecule has 1 unspecified atom stereocenters. The first-order valence-electron chi connectivity index (χ1n) is 11.6. The highest BCUT2D eigenvalue weighted by Gasteiger charge is 2.25. The van der Waals surface area contributed by atoms with Gasteiger partial charge in [-0.3, -0.25) is 9.67 Å². The first-order valence-corrected chi connectivity index (χ1v) is 11.6. The molecule has 2 fully saturated rings. The summed E-state index contributed by atoms with van der Waals surface area (Å²) in [5.41, 5.74) is 2.40. The van der Waals surface area contributed by atoms with Crippen LogP contribution in [0.15, 0.2) is 41.7 Å². The fourth-order valence-corrected chi connectivity index (χ4v) is 4.30. The minimum absolute atomic E-state index is 0. The van der Waals surface area contributed by atoms with Crippen LogP contribution in [0.4, 0.5) is 0 Å². The van der Waals surface area contributed by atoms with Gasteiger partial charge < -0.3 is 19.7 Å². The minimum atomic E-state index is 0. The van der Waals surface area contributed by atoms with Gasteiger partial charge in [-0.2, -0.15) is 5.10 Å². The molecule has 4 rings (SSSR count). The van der Waals surface area contributed by atoms with Gasteiger partial charge in [0.25, 0.3) is 0 Å². The number of guanidine groups is 1. The Kier molecular flexibility index (Phi) is 9.65. The zero-order chi connectivity index (χ0) is 21.5. The van der Waals surface area contributed by atoms with Gasteiger partial charge in [-0.25, -0.2) is 0 Å². The van der Waals surface area contributed by atoms with Gasteiger partial charge in [-0.1, -0.05) is 12.1 Å². The first kappa shape index (κ1) is 24.8. The van der Waals surface area contributed by atoms with E-state index in [9.17, 15) is 0 Å². The number of aryl methyl sites for hydroxylation is 1. The molecule has 1 saturated heterocycles. The van der Waals surface area contributed by atoms with Crippen LogP contribution in [0.5, 0.6) is 5.75 Å². The Hall–Kier alpha value is -1.81. The maximum atomic E-state index is 6.07. The van der Waals surface area contributed by atoms with Crippen LogP contribution in [0.25, 0.3) is 0 Å². The highest BCUT2D eigenvalue weighted by Crippen LogP contribution is 2.24. The van der Waals surface area contributed by atoms with Gasteiger partial charge in [-0.05, 0) is 56.7 Å². The van der Waals surface area contributed by atoms with Gasteiger partial charge in [-0.15, -0.1) is 24.0 Å². The molecule has 2 aromatic rings. The molecule has 1 aliphatic carbocycles. The van der Waals surface area contributed by atoms with Crippen LogP contribution < -0.4 is 10.1 Å². The van der Waals surface area contributed by atoms with Crippen LogP contribution in [0, 0.1) is 0 Å². The van der Waals surface area contributed by atoms with Gasteiger partial charge in [0.05, 0.1) is 25.5 Å². The number of aliphatic imine (C=N–C) groups is 1. The summed E-state index contributed by atoms with van der Waals surface area (Å²) in [5, 5.41) is 7.72. The largest absolute Gasteiger partial charge is 0.490 e. The van der Waals surface area contributed by atoms with E-state index in [1.807, 2.05) is 24.1 Å². The molecular weight excluding hydrogens is 517 g/mol. The number of halogens is 1. The molecule has 0 radical (unpaired) electrons. The van der Waals surface area contributed by atoms with Crippen molar-refractivity contribution < 1.29 is 9.47 Å². The topological polar surface area (TPSA) is 63.9 Å². The summed E-state index contributed by atoms with van der Waals surface area (Å²) in [6.45, 7) is 6.02. The van der Waals surface area contributed by atoms with E-state index in [-0.39, 0.29) is 30.1 Å². The Labute approximate surface area is 208 Å². The third kappa shape index (κ3) is 6.84. The molecule has 2 heterocycles. The van der Waals surface area contributed by atoms with E-state index in [0.29, 0.717) is 12.7 Å². The lowest BCUT2D eigenvalue weighted by molar-refractivity contribution is -0.00803. The predicted molar refractivity (Wildman–Crippen MR) is 138 cm³/mol. The van der Waals surface area contributed by atoms with Crippen molar-refractivity contribution in [1.82, 2.24) is 20.0 Å². The average Bonchev–Trinajstić information content (AvgIpc) is 3.46. The smallest absolute Gasteiger partial charge is 0.194 e. The van der Waals surface area contributed by atoms with Crippen LogP contribution in [-0.4, -0.2) is 59.5 Å². The monoisotopic (exact) mass is 553 g/mol. The number of nitrogens with zero attached hydrogens (tertiary/aromatic N) is 4. The van der Waals surface area contributed by atoms with E-state index in [1.165, 1.54) is 31.2 Å². The van der Waals surface area contributed by atoms with E-state index in [1.54, 1.807) is 0 Å². The molecule has 1 aliphatic heterocycles. The molecule has 0 amide bonds. The second-order valence-corrected chi connectivity index (χ2v) is 8.41. The Morgan fingerprint density at radius 2 is 2.03 bits per heavy atom. The van der Waals surface area contributed by atoms with Crippen molar-refractivity contribution in [2.45, 2.75) is 51.2 Å². The number of morpholine rings is 1. The number of hydrogen-bond donors (Lipinski definition) is 1. The standard InChI is InChI=1S/C24H35N5O2.HI/c1-3-25-24(29-14-15-30-23(18-29)20-16-27-28(2)17-20)26-13-12-19-8-10-22(11-9-19)31-21-6-4-5-7-21;/h8-11,16-17,21,23H,3-7,12-15,18H2,1-2H3,(H,25,26);1H. The highest BCUT2D eigenvalue weighted by atomic mass is 127. The summed E-state index contributed by atoms with van der Waals surface area (Å²) in [6, 6.07) is 8.53. The summed E-state index contributed by atoms with van der Waals surface area (Å²) in [4.78, 5) is 7.19. The van der Waals surface area contributed by atoms with Crippen LogP contribution in [-0.2, 0) is 18.2 Å². The molecule has 1 aromatic carbocycles. The number of nitrogens with one attached hydrogen (secondary N) is 1. The SMILES string of the molecule is CCNC(=NCCc1ccc(OC2CCCC2)cc1)N1CCOC(c2cnn(C)c2)C1.I. The zero-order valence-corrected chi connectivity index (χ0v) is 21.5. The van der Waals surface area contributed by atoms with E-state index >= 15 is 0 Å². The molecule has 7 nitrogen and oxygen atoms in total. The third-order valence-corrected chi connectivity index (χ3v) is 5.99. The van der Waals surface area contributed by atoms with Crippen LogP contribution in [0.2, 0.25) is 0 Å². The van der Waals surface area contributed by atoms with Gasteiger partial charge in [0, 0.05) is 38.4 Å². The van der Waals surface area contributed by atoms with Crippen molar-refractivity contribution in [1.29, 1.82) is 0 Å². The Balaban J connectivity index is 0.00000289. The second-order valence-electron chi connectivity index (χ2n) is 8.41. The summed E-state index contributed by atoms with van der Waals surface area (Å²) in [6.07, 6.45) is 10.2. The van der Waals surface area contributed by atoms with Crippen LogP contribution in [0.1, 0.15) is 49.8 Å².